The van der Waals surface area contributed by atoms with Gasteiger partial charge < -0.3 is 19.5 Å². The molecule has 0 aliphatic rings. The number of nitrogens with zero attached hydrogens (tertiary/aromatic N) is 1. The fourth-order valence-electron chi connectivity index (χ4n) is 3.05. The van der Waals surface area contributed by atoms with Crippen LogP contribution in [-0.2, 0) is 0 Å². The van der Waals surface area contributed by atoms with Gasteiger partial charge in [-0.05, 0) is 49.4 Å². The minimum Gasteiger partial charge on any atom is -0.497 e. The first-order chi connectivity index (χ1) is 12.2. The van der Waals surface area contributed by atoms with Gasteiger partial charge in [-0.15, -0.1) is 0 Å². The van der Waals surface area contributed by atoms with E-state index in [2.05, 4.69) is 15.3 Å². The summed E-state index contributed by atoms with van der Waals surface area (Å²) in [7, 11) is 1.68. The second kappa shape index (κ2) is 6.36. The van der Waals surface area contributed by atoms with Gasteiger partial charge in [0.1, 0.15) is 17.6 Å². The van der Waals surface area contributed by atoms with E-state index >= 15 is 0 Å². The molecular weight excluding hydrogens is 314 g/mol. The number of hydrogen-bond acceptors (Lipinski definition) is 4. The highest BCUT2D eigenvalue weighted by Gasteiger charge is 2.21. The number of rotatable bonds is 5. The van der Waals surface area contributed by atoms with Gasteiger partial charge in [-0.3, -0.25) is 4.98 Å². The lowest BCUT2D eigenvalue weighted by atomic mass is 10.0. The van der Waals surface area contributed by atoms with Gasteiger partial charge in [-0.2, -0.15) is 0 Å². The molecule has 4 aromatic rings. The summed E-state index contributed by atoms with van der Waals surface area (Å²) in [4.78, 5) is 7.59. The quantitative estimate of drug-likeness (QED) is 0.557. The molecule has 0 amide bonds. The Morgan fingerprint density at radius 1 is 1.20 bits per heavy atom. The molecule has 4 rings (SSSR count). The molecule has 0 fully saturated rings. The molecule has 3 aromatic heterocycles. The van der Waals surface area contributed by atoms with E-state index in [-0.39, 0.29) is 6.04 Å². The number of anilines is 1. The van der Waals surface area contributed by atoms with Crippen LogP contribution in [0.5, 0.6) is 5.75 Å². The molecule has 1 atom stereocenters. The van der Waals surface area contributed by atoms with E-state index in [1.807, 2.05) is 55.6 Å². The van der Waals surface area contributed by atoms with Crippen LogP contribution in [0.4, 0.5) is 5.69 Å². The Hall–Kier alpha value is -3.21. The van der Waals surface area contributed by atoms with Crippen LogP contribution in [0.1, 0.15) is 23.1 Å². The van der Waals surface area contributed by atoms with Crippen molar-refractivity contribution in [2.24, 2.45) is 0 Å². The van der Waals surface area contributed by atoms with Gasteiger partial charge in [0.05, 0.1) is 13.4 Å². The van der Waals surface area contributed by atoms with Gasteiger partial charge >= 0.3 is 0 Å². The smallest absolute Gasteiger partial charge is 0.130 e. The first-order valence-corrected chi connectivity index (χ1v) is 8.12. The van der Waals surface area contributed by atoms with E-state index in [1.54, 1.807) is 19.6 Å². The third-order valence-corrected chi connectivity index (χ3v) is 4.27. The molecular formula is C20H19N3O2. The number of aromatic nitrogens is 2. The number of aromatic amines is 1. The number of ether oxygens (including phenoxy) is 1. The second-order valence-corrected chi connectivity index (χ2v) is 5.93. The summed E-state index contributed by atoms with van der Waals surface area (Å²) in [5, 5.41) is 4.66. The summed E-state index contributed by atoms with van der Waals surface area (Å²) < 4.78 is 11.1. The zero-order valence-electron chi connectivity index (χ0n) is 14.1. The average Bonchev–Trinajstić information content (AvgIpc) is 3.29. The van der Waals surface area contributed by atoms with E-state index in [0.717, 1.165) is 39.4 Å². The van der Waals surface area contributed by atoms with Crippen LogP contribution < -0.4 is 10.1 Å². The van der Waals surface area contributed by atoms with E-state index in [9.17, 15) is 0 Å². The van der Waals surface area contributed by atoms with Crippen molar-refractivity contribution in [3.63, 3.8) is 0 Å². The topological polar surface area (TPSA) is 63.1 Å². The Morgan fingerprint density at radius 2 is 2.12 bits per heavy atom. The summed E-state index contributed by atoms with van der Waals surface area (Å²) in [5.41, 5.74) is 4.10. The maximum Gasteiger partial charge on any atom is 0.130 e. The first kappa shape index (κ1) is 15.3. The molecule has 25 heavy (non-hydrogen) atoms. The monoisotopic (exact) mass is 333 g/mol. The Bertz CT molecular complexity index is 989. The number of benzene rings is 1. The Labute approximate surface area is 145 Å². The van der Waals surface area contributed by atoms with Crippen molar-refractivity contribution in [1.29, 1.82) is 0 Å². The van der Waals surface area contributed by atoms with Crippen molar-refractivity contribution < 1.29 is 9.15 Å². The van der Waals surface area contributed by atoms with Crippen LogP contribution in [-0.4, -0.2) is 17.1 Å². The van der Waals surface area contributed by atoms with Gasteiger partial charge in [0.2, 0.25) is 0 Å². The molecule has 0 bridgehead atoms. The number of aryl methyl sites for hydroxylation is 1. The summed E-state index contributed by atoms with van der Waals surface area (Å²) in [6.45, 7) is 1.98. The summed E-state index contributed by atoms with van der Waals surface area (Å²) in [5.74, 6) is 1.67. The Kier molecular flexibility index (Phi) is 3.90. The lowest BCUT2D eigenvalue weighted by Crippen LogP contribution is -2.11. The van der Waals surface area contributed by atoms with Gasteiger partial charge in [-0.25, -0.2) is 0 Å². The molecule has 0 radical (unpaired) electrons. The van der Waals surface area contributed by atoms with Gasteiger partial charge in [0.25, 0.3) is 0 Å². The number of pyridine rings is 1. The standard InChI is InChI=1S/C20H19N3O2/c1-13-10-14(7-8-21-13)23-20(19-4-3-9-25-19)17-12-22-18-6-5-15(24-2)11-16(17)18/h3-12,20,22H,1-2H3,(H,21,23). The molecule has 0 aliphatic carbocycles. The number of H-pyrrole nitrogens is 1. The minimum atomic E-state index is -0.127. The number of furan rings is 1. The van der Waals surface area contributed by atoms with Gasteiger partial charge in [-0.1, -0.05) is 0 Å². The zero-order valence-corrected chi connectivity index (χ0v) is 14.1. The van der Waals surface area contributed by atoms with E-state index < -0.39 is 0 Å². The highest BCUT2D eigenvalue weighted by molar-refractivity contribution is 5.86. The first-order valence-electron chi connectivity index (χ1n) is 8.12. The normalized spacial score (nSPS) is 12.2. The van der Waals surface area contributed by atoms with E-state index in [0.29, 0.717) is 0 Å². The largest absolute Gasteiger partial charge is 0.497 e. The van der Waals surface area contributed by atoms with E-state index in [1.165, 1.54) is 0 Å². The molecule has 0 aliphatic heterocycles. The highest BCUT2D eigenvalue weighted by Crippen LogP contribution is 2.33. The SMILES string of the molecule is COc1ccc2[nH]cc(C(Nc3ccnc(C)c3)c3ccco3)c2c1. The van der Waals surface area contributed by atoms with Gasteiger partial charge in [0, 0.05) is 40.2 Å². The fraction of sp³-hybridized carbons (Fsp3) is 0.150. The van der Waals surface area contributed by atoms with Crippen LogP contribution in [0.25, 0.3) is 10.9 Å². The van der Waals surface area contributed by atoms with Crippen LogP contribution in [0.2, 0.25) is 0 Å². The number of methoxy groups -OCH3 is 1. The van der Waals surface area contributed by atoms with Crippen molar-refractivity contribution in [2.75, 3.05) is 12.4 Å². The molecule has 0 saturated carbocycles. The Balaban J connectivity index is 1.81. The molecule has 2 N–H and O–H groups in total. The van der Waals surface area contributed by atoms with Crippen molar-refractivity contribution in [3.05, 3.63) is 78.1 Å². The van der Waals surface area contributed by atoms with Crippen molar-refractivity contribution >= 4 is 16.6 Å². The summed E-state index contributed by atoms with van der Waals surface area (Å²) >= 11 is 0. The van der Waals surface area contributed by atoms with E-state index in [4.69, 9.17) is 9.15 Å². The lowest BCUT2D eigenvalue weighted by molar-refractivity contribution is 0.415. The average molecular weight is 333 g/mol. The minimum absolute atomic E-state index is 0.127. The third kappa shape index (κ3) is 2.96. The van der Waals surface area contributed by atoms with Crippen LogP contribution >= 0.6 is 0 Å². The maximum absolute atomic E-state index is 5.70. The molecule has 1 unspecified atom stereocenters. The van der Waals surface area contributed by atoms with Crippen molar-refractivity contribution in [3.8, 4) is 5.75 Å². The number of nitrogens with one attached hydrogen (secondary N) is 2. The maximum atomic E-state index is 5.70. The zero-order chi connectivity index (χ0) is 17.2. The summed E-state index contributed by atoms with van der Waals surface area (Å²) in [6.07, 6.45) is 5.50. The summed E-state index contributed by atoms with van der Waals surface area (Å²) in [6, 6.07) is 13.7. The molecule has 5 nitrogen and oxygen atoms in total. The van der Waals surface area contributed by atoms with Crippen LogP contribution in [0.15, 0.2) is 65.5 Å². The predicted molar refractivity (Wildman–Crippen MR) is 98.0 cm³/mol. The van der Waals surface area contributed by atoms with Crippen molar-refractivity contribution in [1.82, 2.24) is 9.97 Å². The molecule has 0 spiro atoms. The third-order valence-electron chi connectivity index (χ3n) is 4.27. The molecule has 126 valence electrons. The second-order valence-electron chi connectivity index (χ2n) is 5.93. The predicted octanol–water partition coefficient (Wildman–Crippen LogP) is 4.67. The Morgan fingerprint density at radius 3 is 2.88 bits per heavy atom. The van der Waals surface area contributed by atoms with Crippen molar-refractivity contribution in [2.45, 2.75) is 13.0 Å². The van der Waals surface area contributed by atoms with Crippen LogP contribution in [0.3, 0.4) is 0 Å². The molecule has 0 saturated heterocycles. The number of fused-ring (bicyclic) bond motifs is 1. The molecule has 5 heteroatoms. The van der Waals surface area contributed by atoms with Crippen LogP contribution in [0, 0.1) is 6.92 Å². The molecule has 1 aromatic carbocycles. The lowest BCUT2D eigenvalue weighted by Gasteiger charge is -2.18. The van der Waals surface area contributed by atoms with Gasteiger partial charge in [0.15, 0.2) is 0 Å². The highest BCUT2D eigenvalue weighted by atomic mass is 16.5. The number of hydrogen-bond donors (Lipinski definition) is 2. The molecule has 3 heterocycles. The fourth-order valence-corrected chi connectivity index (χ4v) is 3.05.